The van der Waals surface area contributed by atoms with E-state index >= 15 is 0 Å². The molecular weight excluding hydrogens is 682 g/mol. The maximum absolute atomic E-state index is 13.5. The molecule has 6 rings (SSSR count). The monoisotopic (exact) mass is 721 g/mol. The van der Waals surface area contributed by atoms with Gasteiger partial charge in [0.25, 0.3) is 11.8 Å². The van der Waals surface area contributed by atoms with E-state index in [9.17, 15) is 19.2 Å². The standard InChI is InChI=1S/C35H39N13O5/c1-6-47-25(13-19(4)43-47)32(51)41-34-39-23-15-21(29(36)49)17-27(53-8-3)28(23)45(34)11-9-10-12-46-31-24(16-22(18-38-31)30(37)50)40-35(46)42-33(52)26-14-20(5)44-48(26)7-2/h9-10,13-18H,6-8,11-12H2,1-5H3,(H2,36,49)(H2,37,50)(H,39,41,51)(H,40,42,52)/b10-9+. The fraction of sp³-hybridized carbons (Fsp3) is 0.286. The normalized spacial score (nSPS) is 11.5. The number of benzene rings is 1. The van der Waals surface area contributed by atoms with Gasteiger partial charge in [0.1, 0.15) is 28.2 Å². The zero-order valence-electron chi connectivity index (χ0n) is 29.9. The van der Waals surface area contributed by atoms with E-state index in [1.165, 1.54) is 12.3 Å². The lowest BCUT2D eigenvalue weighted by Gasteiger charge is -2.12. The molecule has 0 spiro atoms. The number of fused-ring (bicyclic) bond motifs is 2. The van der Waals surface area contributed by atoms with Gasteiger partial charge >= 0.3 is 0 Å². The Bertz CT molecular complexity index is 2430. The van der Waals surface area contributed by atoms with Crippen LogP contribution in [0.1, 0.15) is 73.9 Å². The van der Waals surface area contributed by atoms with E-state index in [-0.39, 0.29) is 36.1 Å². The van der Waals surface area contributed by atoms with Gasteiger partial charge in [-0.1, -0.05) is 12.2 Å². The molecule has 6 aromatic rings. The van der Waals surface area contributed by atoms with Crippen LogP contribution in [-0.4, -0.2) is 73.9 Å². The number of imidazole rings is 2. The number of nitrogens with one attached hydrogen (secondary N) is 2. The molecule has 1 aromatic carbocycles. The number of aryl methyl sites for hydroxylation is 4. The molecule has 5 heterocycles. The van der Waals surface area contributed by atoms with Crippen LogP contribution in [0.3, 0.4) is 0 Å². The number of nitrogens with zero attached hydrogens (tertiary/aromatic N) is 9. The molecule has 274 valence electrons. The maximum atomic E-state index is 13.5. The summed E-state index contributed by atoms with van der Waals surface area (Å²) in [7, 11) is 0. The van der Waals surface area contributed by atoms with Crippen LogP contribution in [0.15, 0.2) is 48.7 Å². The molecule has 0 radical (unpaired) electrons. The maximum Gasteiger partial charge on any atom is 0.276 e. The number of anilines is 2. The highest BCUT2D eigenvalue weighted by atomic mass is 16.5. The molecule has 5 aromatic heterocycles. The Kier molecular flexibility index (Phi) is 10.0. The predicted octanol–water partition coefficient (Wildman–Crippen LogP) is 3.19. The van der Waals surface area contributed by atoms with Gasteiger partial charge in [0, 0.05) is 37.9 Å². The van der Waals surface area contributed by atoms with E-state index in [0.29, 0.717) is 70.4 Å². The number of rotatable bonds is 14. The Balaban J connectivity index is 1.37. The van der Waals surface area contributed by atoms with E-state index in [2.05, 4.69) is 35.8 Å². The number of carbonyl (C=O) groups excluding carboxylic acids is 4. The Morgan fingerprint density at radius 1 is 0.736 bits per heavy atom. The summed E-state index contributed by atoms with van der Waals surface area (Å²) in [4.78, 5) is 64.7. The molecule has 0 saturated carbocycles. The van der Waals surface area contributed by atoms with Crippen LogP contribution >= 0.6 is 0 Å². The van der Waals surface area contributed by atoms with E-state index in [1.54, 1.807) is 56.6 Å². The predicted molar refractivity (Wildman–Crippen MR) is 196 cm³/mol. The van der Waals surface area contributed by atoms with Gasteiger partial charge in [-0.05, 0) is 65.0 Å². The van der Waals surface area contributed by atoms with Crippen LogP contribution in [0.25, 0.3) is 22.2 Å². The summed E-state index contributed by atoms with van der Waals surface area (Å²) in [6, 6.07) is 7.96. The first-order chi connectivity index (χ1) is 25.4. The number of nitrogens with two attached hydrogens (primary N) is 2. The first kappa shape index (κ1) is 36.0. The zero-order valence-corrected chi connectivity index (χ0v) is 29.9. The van der Waals surface area contributed by atoms with Gasteiger partial charge in [0.2, 0.25) is 23.7 Å². The summed E-state index contributed by atoms with van der Waals surface area (Å²) < 4.78 is 12.5. The van der Waals surface area contributed by atoms with Gasteiger partial charge in [-0.2, -0.15) is 10.2 Å². The lowest BCUT2D eigenvalue weighted by Crippen LogP contribution is -2.20. The third-order valence-corrected chi connectivity index (χ3v) is 8.32. The summed E-state index contributed by atoms with van der Waals surface area (Å²) in [5.41, 5.74) is 15.2. The highest BCUT2D eigenvalue weighted by Crippen LogP contribution is 2.31. The van der Waals surface area contributed by atoms with E-state index in [4.69, 9.17) is 16.2 Å². The Morgan fingerprint density at radius 2 is 1.26 bits per heavy atom. The molecular formula is C35H39N13O5. The van der Waals surface area contributed by atoms with Crippen LogP contribution in [0.2, 0.25) is 0 Å². The molecule has 18 heteroatoms. The third kappa shape index (κ3) is 7.19. The van der Waals surface area contributed by atoms with Crippen molar-refractivity contribution in [2.45, 2.75) is 60.8 Å². The van der Waals surface area contributed by atoms with E-state index in [1.807, 2.05) is 32.9 Å². The van der Waals surface area contributed by atoms with Gasteiger partial charge in [0.15, 0.2) is 5.65 Å². The summed E-state index contributed by atoms with van der Waals surface area (Å²) in [6.07, 6.45) is 5.01. The first-order valence-electron chi connectivity index (χ1n) is 16.9. The summed E-state index contributed by atoms with van der Waals surface area (Å²) in [6.45, 7) is 10.8. The molecule has 0 aliphatic rings. The van der Waals surface area contributed by atoms with Gasteiger partial charge in [-0.15, -0.1) is 0 Å². The lowest BCUT2D eigenvalue weighted by molar-refractivity contribution is 0.0991. The number of hydrogen-bond donors (Lipinski definition) is 4. The van der Waals surface area contributed by atoms with Crippen molar-refractivity contribution in [3.05, 3.63) is 82.6 Å². The minimum Gasteiger partial charge on any atom is -0.492 e. The fourth-order valence-electron chi connectivity index (χ4n) is 5.95. The molecule has 53 heavy (non-hydrogen) atoms. The first-order valence-corrected chi connectivity index (χ1v) is 16.9. The van der Waals surface area contributed by atoms with Crippen LogP contribution in [0.4, 0.5) is 11.9 Å². The summed E-state index contributed by atoms with van der Waals surface area (Å²) in [5.74, 6) is -1.43. The topological polar surface area (TPSA) is 238 Å². The molecule has 0 aliphatic heterocycles. The highest BCUT2D eigenvalue weighted by molar-refractivity contribution is 6.05. The van der Waals surface area contributed by atoms with Crippen molar-refractivity contribution in [3.8, 4) is 5.75 Å². The van der Waals surface area contributed by atoms with Crippen molar-refractivity contribution in [1.29, 1.82) is 0 Å². The molecule has 0 aliphatic carbocycles. The van der Waals surface area contributed by atoms with Gasteiger partial charge in [-0.3, -0.25) is 43.7 Å². The van der Waals surface area contributed by atoms with Gasteiger partial charge in [-0.25, -0.2) is 15.0 Å². The molecule has 0 bridgehead atoms. The number of amides is 4. The molecule has 18 nitrogen and oxygen atoms in total. The highest BCUT2D eigenvalue weighted by Gasteiger charge is 2.22. The van der Waals surface area contributed by atoms with Crippen molar-refractivity contribution < 1.29 is 23.9 Å². The summed E-state index contributed by atoms with van der Waals surface area (Å²) >= 11 is 0. The molecule has 0 unspecified atom stereocenters. The minimum absolute atomic E-state index is 0.165. The largest absolute Gasteiger partial charge is 0.492 e. The average Bonchev–Trinajstić information content (AvgIpc) is 3.88. The summed E-state index contributed by atoms with van der Waals surface area (Å²) in [5, 5.41) is 14.5. The number of aromatic nitrogens is 9. The molecule has 0 saturated heterocycles. The number of pyridine rings is 1. The SMILES string of the molecule is CCOc1cc(C(N)=O)cc2nc(NC(=O)c3cc(C)nn3CC)n(C/C=C/Cn3c(NC(=O)c4cc(C)nn4CC)nc4cc(C(N)=O)cnc43)c12. The smallest absolute Gasteiger partial charge is 0.276 e. The lowest BCUT2D eigenvalue weighted by atomic mass is 10.1. The van der Waals surface area contributed by atoms with E-state index < -0.39 is 23.6 Å². The quantitative estimate of drug-likeness (QED) is 0.120. The Labute approximate surface area is 302 Å². The number of carbonyl (C=O) groups is 4. The second-order valence-corrected chi connectivity index (χ2v) is 12.0. The van der Waals surface area contributed by atoms with Crippen LogP contribution in [0.5, 0.6) is 5.75 Å². The zero-order chi connectivity index (χ0) is 38.0. The van der Waals surface area contributed by atoms with Crippen molar-refractivity contribution in [2.24, 2.45) is 11.5 Å². The van der Waals surface area contributed by atoms with Crippen LogP contribution in [0, 0.1) is 13.8 Å². The van der Waals surface area contributed by atoms with Gasteiger partial charge in [0.05, 0.1) is 29.1 Å². The van der Waals surface area contributed by atoms with Crippen molar-refractivity contribution >= 4 is 57.7 Å². The average molecular weight is 722 g/mol. The third-order valence-electron chi connectivity index (χ3n) is 8.32. The van der Waals surface area contributed by atoms with Crippen molar-refractivity contribution in [2.75, 3.05) is 17.2 Å². The van der Waals surface area contributed by atoms with Crippen molar-refractivity contribution in [1.82, 2.24) is 43.6 Å². The molecule has 0 atom stereocenters. The van der Waals surface area contributed by atoms with E-state index in [0.717, 1.165) is 0 Å². The van der Waals surface area contributed by atoms with Crippen LogP contribution in [-0.2, 0) is 26.2 Å². The molecule has 6 N–H and O–H groups in total. The van der Waals surface area contributed by atoms with Crippen LogP contribution < -0.4 is 26.8 Å². The fourth-order valence-corrected chi connectivity index (χ4v) is 5.95. The Morgan fingerprint density at radius 3 is 1.81 bits per heavy atom. The molecule has 0 fully saturated rings. The Hall–Kier alpha value is -6.85. The number of hydrogen-bond acceptors (Lipinski definition) is 10. The number of primary amides is 2. The second-order valence-electron chi connectivity index (χ2n) is 12.0. The number of ether oxygens (including phenoxy) is 1. The van der Waals surface area contributed by atoms with Crippen molar-refractivity contribution in [3.63, 3.8) is 0 Å². The molecule has 4 amide bonds. The second kappa shape index (κ2) is 14.8. The van der Waals surface area contributed by atoms with Gasteiger partial charge < -0.3 is 20.8 Å². The number of allylic oxidation sites excluding steroid dienone is 2. The minimum atomic E-state index is -0.666.